The maximum Gasteiger partial charge on any atom is 0.0215 e. The van der Waals surface area contributed by atoms with Crippen LogP contribution in [0.3, 0.4) is 0 Å². The van der Waals surface area contributed by atoms with Crippen LogP contribution in [0.5, 0.6) is 0 Å². The van der Waals surface area contributed by atoms with E-state index in [0.717, 1.165) is 0 Å². The number of rotatable bonds is 15. The van der Waals surface area contributed by atoms with Gasteiger partial charge in [0.2, 0.25) is 0 Å². The SMILES string of the molecule is CC.CCCCCCCCC1(CCCCCCCC)c2cc(C)ccc2-c2ccc(-c3ccccc3)cc21. The first-order valence-corrected chi connectivity index (χ1v) is 16.0. The van der Waals surface area contributed by atoms with E-state index in [1.165, 1.54) is 118 Å². The molecule has 0 amide bonds. The van der Waals surface area contributed by atoms with Gasteiger partial charge in [0.1, 0.15) is 0 Å². The van der Waals surface area contributed by atoms with Crippen LogP contribution in [0.4, 0.5) is 0 Å². The highest BCUT2D eigenvalue weighted by Gasteiger charge is 2.42. The molecule has 1 aliphatic carbocycles. The fourth-order valence-corrected chi connectivity index (χ4v) is 6.50. The van der Waals surface area contributed by atoms with Crippen molar-refractivity contribution in [2.75, 3.05) is 0 Å². The molecule has 0 unspecified atom stereocenters. The Morgan fingerprint density at radius 1 is 0.500 bits per heavy atom. The Hall–Kier alpha value is -2.34. The van der Waals surface area contributed by atoms with Gasteiger partial charge in [0.25, 0.3) is 0 Å². The van der Waals surface area contributed by atoms with Crippen molar-refractivity contribution in [3.05, 3.63) is 83.4 Å². The summed E-state index contributed by atoms with van der Waals surface area (Å²) in [6.45, 7) is 10.9. The Labute approximate surface area is 235 Å². The van der Waals surface area contributed by atoms with E-state index >= 15 is 0 Å². The van der Waals surface area contributed by atoms with Crippen molar-refractivity contribution in [2.45, 2.75) is 130 Å². The number of benzene rings is 3. The lowest BCUT2D eigenvalue weighted by Crippen LogP contribution is -2.25. The van der Waals surface area contributed by atoms with Crippen molar-refractivity contribution in [3.63, 3.8) is 0 Å². The Morgan fingerprint density at radius 3 is 1.58 bits per heavy atom. The number of unbranched alkanes of at least 4 members (excludes halogenated alkanes) is 10. The molecule has 0 aliphatic heterocycles. The van der Waals surface area contributed by atoms with E-state index in [2.05, 4.69) is 87.5 Å². The Kier molecular flexibility index (Phi) is 12.7. The van der Waals surface area contributed by atoms with Gasteiger partial charge in [0.05, 0.1) is 0 Å². The monoisotopic (exact) mass is 510 g/mol. The quantitative estimate of drug-likeness (QED) is 0.178. The van der Waals surface area contributed by atoms with Gasteiger partial charge in [0, 0.05) is 5.41 Å². The van der Waals surface area contributed by atoms with Gasteiger partial charge in [-0.15, -0.1) is 0 Å². The molecule has 206 valence electrons. The number of fused-ring (bicyclic) bond motifs is 3. The van der Waals surface area contributed by atoms with Crippen LogP contribution in [0.1, 0.15) is 134 Å². The third-order valence-electron chi connectivity index (χ3n) is 8.54. The smallest absolute Gasteiger partial charge is 0.0215 e. The summed E-state index contributed by atoms with van der Waals surface area (Å²) in [5.74, 6) is 0. The van der Waals surface area contributed by atoms with E-state index in [0.29, 0.717) is 0 Å². The molecule has 0 N–H and O–H groups in total. The van der Waals surface area contributed by atoms with E-state index in [1.807, 2.05) is 13.8 Å². The van der Waals surface area contributed by atoms with Crippen LogP contribution in [0.25, 0.3) is 22.3 Å². The second-order valence-corrected chi connectivity index (χ2v) is 11.3. The van der Waals surface area contributed by atoms with Gasteiger partial charge in [-0.2, -0.15) is 0 Å². The molecule has 38 heavy (non-hydrogen) atoms. The molecule has 0 fully saturated rings. The Bertz CT molecular complexity index is 1060. The van der Waals surface area contributed by atoms with Crippen molar-refractivity contribution >= 4 is 0 Å². The molecule has 0 aromatic heterocycles. The van der Waals surface area contributed by atoms with Crippen molar-refractivity contribution in [1.29, 1.82) is 0 Å². The second-order valence-electron chi connectivity index (χ2n) is 11.3. The average molecular weight is 511 g/mol. The molecule has 4 rings (SSSR count). The minimum absolute atomic E-state index is 0.164. The van der Waals surface area contributed by atoms with E-state index in [-0.39, 0.29) is 5.41 Å². The fraction of sp³-hybridized carbons (Fsp3) is 0.526. The molecule has 0 radical (unpaired) electrons. The highest BCUT2D eigenvalue weighted by atomic mass is 14.4. The van der Waals surface area contributed by atoms with Gasteiger partial charge in [0.15, 0.2) is 0 Å². The summed E-state index contributed by atoms with van der Waals surface area (Å²) in [6, 6.07) is 25.6. The van der Waals surface area contributed by atoms with E-state index in [1.54, 1.807) is 11.1 Å². The predicted molar refractivity (Wildman–Crippen MR) is 170 cm³/mol. The first-order valence-electron chi connectivity index (χ1n) is 16.0. The molecule has 3 aromatic rings. The molecule has 0 atom stereocenters. The molecule has 0 nitrogen and oxygen atoms in total. The Morgan fingerprint density at radius 2 is 1.00 bits per heavy atom. The molecule has 0 heteroatoms. The topological polar surface area (TPSA) is 0 Å². The lowest BCUT2D eigenvalue weighted by molar-refractivity contribution is 0.398. The zero-order chi connectivity index (χ0) is 27.2. The highest BCUT2D eigenvalue weighted by molar-refractivity contribution is 5.84. The third-order valence-corrected chi connectivity index (χ3v) is 8.54. The normalized spacial score (nSPS) is 13.0. The van der Waals surface area contributed by atoms with Crippen molar-refractivity contribution < 1.29 is 0 Å². The van der Waals surface area contributed by atoms with Gasteiger partial charge >= 0.3 is 0 Å². The van der Waals surface area contributed by atoms with Crippen LogP contribution in [0.2, 0.25) is 0 Å². The molecule has 3 aromatic carbocycles. The molecular weight excluding hydrogens is 456 g/mol. The molecule has 0 spiro atoms. The molecule has 0 saturated carbocycles. The minimum atomic E-state index is 0.164. The maximum absolute atomic E-state index is 2.56. The van der Waals surface area contributed by atoms with Crippen LogP contribution in [-0.2, 0) is 5.41 Å². The average Bonchev–Trinajstić information content (AvgIpc) is 3.22. The van der Waals surface area contributed by atoms with Crippen molar-refractivity contribution in [1.82, 2.24) is 0 Å². The lowest BCUT2D eigenvalue weighted by Gasteiger charge is -2.33. The van der Waals surface area contributed by atoms with Gasteiger partial charge in [-0.3, -0.25) is 0 Å². The fourth-order valence-electron chi connectivity index (χ4n) is 6.50. The summed E-state index contributed by atoms with van der Waals surface area (Å²) in [7, 11) is 0. The molecule has 0 bridgehead atoms. The van der Waals surface area contributed by atoms with E-state index < -0.39 is 0 Å². The van der Waals surface area contributed by atoms with Crippen LogP contribution in [-0.4, -0.2) is 0 Å². The van der Waals surface area contributed by atoms with Crippen LogP contribution in [0, 0.1) is 6.92 Å². The predicted octanol–water partition coefficient (Wildman–Crippen LogP) is 12.5. The van der Waals surface area contributed by atoms with Gasteiger partial charge < -0.3 is 0 Å². The van der Waals surface area contributed by atoms with Crippen LogP contribution < -0.4 is 0 Å². The maximum atomic E-state index is 2.56. The lowest BCUT2D eigenvalue weighted by atomic mass is 9.70. The molecule has 0 heterocycles. The Balaban J connectivity index is 0.00000195. The van der Waals surface area contributed by atoms with E-state index in [4.69, 9.17) is 0 Å². The summed E-state index contributed by atoms with van der Waals surface area (Å²) >= 11 is 0. The van der Waals surface area contributed by atoms with Crippen molar-refractivity contribution in [2.24, 2.45) is 0 Å². The molecular formula is C38H54. The van der Waals surface area contributed by atoms with Gasteiger partial charge in [-0.1, -0.05) is 171 Å². The highest BCUT2D eigenvalue weighted by Crippen LogP contribution is 2.55. The van der Waals surface area contributed by atoms with E-state index in [9.17, 15) is 0 Å². The first kappa shape index (κ1) is 30.2. The number of aryl methyl sites for hydroxylation is 1. The summed E-state index contributed by atoms with van der Waals surface area (Å²) < 4.78 is 0. The second kappa shape index (κ2) is 15.9. The number of hydrogen-bond acceptors (Lipinski definition) is 0. The summed E-state index contributed by atoms with van der Waals surface area (Å²) in [6.07, 6.45) is 19.0. The first-order chi connectivity index (χ1) is 18.7. The zero-order valence-corrected chi connectivity index (χ0v) is 25.3. The van der Waals surface area contributed by atoms with Crippen molar-refractivity contribution in [3.8, 4) is 22.3 Å². The minimum Gasteiger partial charge on any atom is -0.0683 e. The molecule has 1 aliphatic rings. The summed E-state index contributed by atoms with van der Waals surface area (Å²) in [5.41, 5.74) is 10.5. The zero-order valence-electron chi connectivity index (χ0n) is 25.3. The summed E-state index contributed by atoms with van der Waals surface area (Å²) in [5, 5.41) is 0. The largest absolute Gasteiger partial charge is 0.0683 e. The van der Waals surface area contributed by atoms with Gasteiger partial charge in [-0.25, -0.2) is 0 Å². The summed E-state index contributed by atoms with van der Waals surface area (Å²) in [4.78, 5) is 0. The van der Waals surface area contributed by atoms with Gasteiger partial charge in [-0.05, 0) is 59.2 Å². The number of hydrogen-bond donors (Lipinski definition) is 0. The van der Waals surface area contributed by atoms with Crippen LogP contribution in [0.15, 0.2) is 66.7 Å². The third kappa shape index (κ3) is 7.40. The van der Waals surface area contributed by atoms with Crippen LogP contribution >= 0.6 is 0 Å². The molecule has 0 saturated heterocycles. The standard InChI is InChI=1S/C36H48.C2H6/c1-4-6-8-10-12-17-25-36(26-18-13-11-9-7-5-2)34-27-29(3)21-23-32(34)33-24-22-31(28-35(33)36)30-19-15-14-16-20-30;1-2/h14-16,19-24,27-28H,4-13,17-18,25-26H2,1-3H3;1-2H3.